The van der Waals surface area contributed by atoms with Crippen LogP contribution in [0.4, 0.5) is 0 Å². The largest absolute Gasteiger partial charge is 0.459 e. The predicted octanol–water partition coefficient (Wildman–Crippen LogP) is 4.51. The maximum atomic E-state index is 13.4. The zero-order valence-electron chi connectivity index (χ0n) is 27.2. The van der Waals surface area contributed by atoms with Crippen molar-refractivity contribution in [2.45, 2.75) is 52.2 Å². The monoisotopic (exact) mass is 551 g/mol. The Labute approximate surface area is 239 Å². The summed E-state index contributed by atoms with van der Waals surface area (Å²) in [7, 11) is 0. The van der Waals surface area contributed by atoms with E-state index in [2.05, 4.69) is 0 Å². The van der Waals surface area contributed by atoms with Crippen LogP contribution in [0.3, 0.4) is 0 Å². The lowest BCUT2D eigenvalue weighted by atomic mass is 10.1. The Hall–Kier alpha value is -4.50. The van der Waals surface area contributed by atoms with Gasteiger partial charge >= 0.3 is 23.9 Å². The van der Waals surface area contributed by atoms with E-state index in [1.54, 1.807) is 45.0 Å². The van der Waals surface area contributed by atoms with Gasteiger partial charge in [-0.1, -0.05) is 53.1 Å². The SMILES string of the molecule is [2H]C([2H])(OC(=O)c1ccc(C)cc1)[C@@]1([2H])OC(OC(C)=O)[C@]([2H])(OC(=O)c2ccc(C)cc2)[C@]1([2H])OC(=O)c1ccc(C)cc1. The summed E-state index contributed by atoms with van der Waals surface area (Å²) in [6.45, 7) is 2.40. The first-order valence-corrected chi connectivity index (χ1v) is 12.2. The first-order valence-electron chi connectivity index (χ1n) is 14.7. The summed E-state index contributed by atoms with van der Waals surface area (Å²) in [5, 5.41) is 0. The fourth-order valence-electron chi connectivity index (χ4n) is 3.45. The van der Waals surface area contributed by atoms with Gasteiger partial charge in [0.2, 0.25) is 12.4 Å². The van der Waals surface area contributed by atoms with E-state index >= 15 is 0 Å². The van der Waals surface area contributed by atoms with E-state index in [0.717, 1.165) is 23.6 Å². The number of benzene rings is 3. The fraction of sp³-hybridized carbons (Fsp3) is 0.290. The highest BCUT2D eigenvalue weighted by Gasteiger charge is 2.52. The van der Waals surface area contributed by atoms with Crippen molar-refractivity contribution in [1.29, 1.82) is 0 Å². The van der Waals surface area contributed by atoms with E-state index in [9.17, 15) is 20.5 Å². The third kappa shape index (κ3) is 7.12. The molecule has 0 N–H and O–H groups in total. The maximum Gasteiger partial charge on any atom is 0.338 e. The molecule has 1 heterocycles. The molecule has 0 bridgehead atoms. The van der Waals surface area contributed by atoms with E-state index in [4.69, 9.17) is 29.2 Å². The molecule has 3 aromatic rings. The molecule has 0 spiro atoms. The average molecular weight is 552 g/mol. The van der Waals surface area contributed by atoms with Crippen molar-refractivity contribution in [3.05, 3.63) is 106 Å². The second-order valence-corrected chi connectivity index (χ2v) is 8.95. The molecule has 1 saturated heterocycles. The van der Waals surface area contributed by atoms with Crippen molar-refractivity contribution in [3.8, 4) is 0 Å². The number of carbonyl (C=O) groups is 4. The van der Waals surface area contributed by atoms with Crippen molar-refractivity contribution in [1.82, 2.24) is 0 Å². The minimum Gasteiger partial charge on any atom is -0.459 e. The van der Waals surface area contributed by atoms with Crippen LogP contribution >= 0.6 is 0 Å². The summed E-state index contributed by atoms with van der Waals surface area (Å²) in [5.41, 5.74) is 1.83. The Morgan fingerprint density at radius 2 is 1.07 bits per heavy atom. The second-order valence-electron chi connectivity index (χ2n) is 8.95. The summed E-state index contributed by atoms with van der Waals surface area (Å²) in [4.78, 5) is 51.7. The van der Waals surface area contributed by atoms with Gasteiger partial charge in [0.25, 0.3) is 0 Å². The van der Waals surface area contributed by atoms with Crippen molar-refractivity contribution in [3.63, 3.8) is 0 Å². The standard InChI is InChI=1S/C31H30O9/c1-18-5-11-22(12-6-18)28(33)36-17-25-26(39-29(34)23-13-7-19(2)8-14-23)27(31(38-25)37-21(4)32)40-30(35)24-15-9-20(3)10-16-24/h5-16,25-27,31H,17H2,1-4H3/t25-,26-,27-,31?/m1/s1/i17D2,25D,26D,27D. The Kier molecular flexibility index (Phi) is 7.02. The van der Waals surface area contributed by atoms with E-state index < -0.39 is 55.0 Å². The van der Waals surface area contributed by atoms with Crippen LogP contribution in [0, 0.1) is 20.8 Å². The molecular formula is C31H30O9. The van der Waals surface area contributed by atoms with Gasteiger partial charge in [-0.2, -0.15) is 0 Å². The Morgan fingerprint density at radius 3 is 1.50 bits per heavy atom. The number of ether oxygens (including phenoxy) is 5. The van der Waals surface area contributed by atoms with Crippen LogP contribution in [-0.4, -0.2) is 55.0 Å². The molecule has 208 valence electrons. The van der Waals surface area contributed by atoms with E-state index in [-0.39, 0.29) is 16.7 Å². The van der Waals surface area contributed by atoms with Gasteiger partial charge in [0, 0.05) is 6.92 Å². The summed E-state index contributed by atoms with van der Waals surface area (Å²) in [5.74, 6) is -5.07. The van der Waals surface area contributed by atoms with Gasteiger partial charge in [-0.3, -0.25) is 4.79 Å². The minimum absolute atomic E-state index is 0.141. The first-order chi connectivity index (χ1) is 20.9. The summed E-state index contributed by atoms with van der Waals surface area (Å²) >= 11 is 0. The predicted molar refractivity (Wildman–Crippen MR) is 143 cm³/mol. The highest BCUT2D eigenvalue weighted by Crippen LogP contribution is 2.30. The lowest BCUT2D eigenvalue weighted by Crippen LogP contribution is -2.42. The molecule has 0 radical (unpaired) electrons. The molecule has 0 saturated carbocycles. The normalized spacial score (nSPS) is 27.6. The van der Waals surface area contributed by atoms with Crippen molar-refractivity contribution in [2.24, 2.45) is 0 Å². The molecular weight excluding hydrogens is 516 g/mol. The van der Waals surface area contributed by atoms with Crippen molar-refractivity contribution < 1.29 is 49.7 Å². The van der Waals surface area contributed by atoms with Crippen LogP contribution in [0.5, 0.6) is 0 Å². The number of aryl methyl sites for hydroxylation is 3. The van der Waals surface area contributed by atoms with Gasteiger partial charge in [0.1, 0.15) is 12.6 Å². The van der Waals surface area contributed by atoms with Crippen LogP contribution in [-0.2, 0) is 28.5 Å². The number of hydrogen-bond donors (Lipinski definition) is 0. The number of esters is 4. The summed E-state index contributed by atoms with van der Waals surface area (Å²) in [6.07, 6.45) is -13.4. The average Bonchev–Trinajstić information content (AvgIpc) is 3.12. The van der Waals surface area contributed by atoms with Gasteiger partial charge in [-0.05, 0) is 57.2 Å². The molecule has 3 aromatic carbocycles. The lowest BCUT2D eigenvalue weighted by molar-refractivity contribution is -0.187. The third-order valence-electron chi connectivity index (χ3n) is 5.64. The summed E-state index contributed by atoms with van der Waals surface area (Å²) < 4.78 is 70.8. The zero-order valence-corrected chi connectivity index (χ0v) is 22.2. The quantitative estimate of drug-likeness (QED) is 0.295. The molecule has 9 nitrogen and oxygen atoms in total. The van der Waals surface area contributed by atoms with E-state index in [0.29, 0.717) is 0 Å². The molecule has 9 heteroatoms. The van der Waals surface area contributed by atoms with Crippen LogP contribution in [0.1, 0.15) is 61.5 Å². The third-order valence-corrected chi connectivity index (χ3v) is 5.64. The maximum absolute atomic E-state index is 13.4. The van der Waals surface area contributed by atoms with Crippen molar-refractivity contribution >= 4 is 23.9 Å². The van der Waals surface area contributed by atoms with Crippen LogP contribution in [0.25, 0.3) is 0 Å². The van der Waals surface area contributed by atoms with Gasteiger partial charge in [-0.15, -0.1) is 0 Å². The molecule has 4 atom stereocenters. The molecule has 1 aliphatic heterocycles. The number of rotatable bonds is 8. The summed E-state index contributed by atoms with van der Waals surface area (Å²) in [6, 6.07) is 17.2. The number of carbonyl (C=O) groups excluding carboxylic acids is 4. The van der Waals surface area contributed by atoms with Gasteiger partial charge in [0.15, 0.2) is 6.08 Å². The smallest absolute Gasteiger partial charge is 0.338 e. The lowest BCUT2D eigenvalue weighted by Gasteiger charge is -2.24. The Balaban J connectivity index is 1.85. The second kappa shape index (κ2) is 12.6. The Morgan fingerprint density at radius 1 is 0.675 bits per heavy atom. The fourth-order valence-corrected chi connectivity index (χ4v) is 3.45. The van der Waals surface area contributed by atoms with Gasteiger partial charge in [-0.25, -0.2) is 14.4 Å². The molecule has 0 aliphatic carbocycles. The topological polar surface area (TPSA) is 114 Å². The van der Waals surface area contributed by atoms with E-state index in [1.165, 1.54) is 48.5 Å². The molecule has 1 fully saturated rings. The molecule has 0 amide bonds. The molecule has 4 rings (SSSR count). The van der Waals surface area contributed by atoms with E-state index in [1.807, 2.05) is 0 Å². The van der Waals surface area contributed by atoms with Crippen LogP contribution < -0.4 is 0 Å². The molecule has 0 aromatic heterocycles. The van der Waals surface area contributed by atoms with Crippen molar-refractivity contribution in [2.75, 3.05) is 6.56 Å². The first kappa shape index (κ1) is 22.3. The van der Waals surface area contributed by atoms with Crippen LogP contribution in [0.15, 0.2) is 72.8 Å². The minimum atomic E-state index is -3.71. The molecule has 40 heavy (non-hydrogen) atoms. The highest BCUT2D eigenvalue weighted by atomic mass is 16.8. The molecule has 1 unspecified atom stereocenters. The zero-order chi connectivity index (χ0) is 33.4. The van der Waals surface area contributed by atoms with Gasteiger partial charge < -0.3 is 23.7 Å². The highest BCUT2D eigenvalue weighted by molar-refractivity contribution is 5.91. The van der Waals surface area contributed by atoms with Gasteiger partial charge in [0.05, 0.1) is 23.5 Å². The Bertz CT molecular complexity index is 1610. The van der Waals surface area contributed by atoms with Crippen LogP contribution in [0.2, 0.25) is 0 Å². The molecule has 1 aliphatic rings. The number of hydrogen-bond acceptors (Lipinski definition) is 9.